The van der Waals surface area contributed by atoms with Crippen molar-refractivity contribution in [2.24, 2.45) is 0 Å². The van der Waals surface area contributed by atoms with Crippen LogP contribution in [-0.2, 0) is 32.6 Å². The van der Waals surface area contributed by atoms with Crippen molar-refractivity contribution in [3.05, 3.63) is 65.5 Å². The Bertz CT molecular complexity index is 762. The van der Waals surface area contributed by atoms with Gasteiger partial charge in [-0.15, -0.1) is 10.2 Å². The molecule has 0 saturated carbocycles. The number of aromatic nitrogens is 5. The molecular formula is C18H22N6. The van der Waals surface area contributed by atoms with Gasteiger partial charge in [0.15, 0.2) is 0 Å². The lowest BCUT2D eigenvalue weighted by Crippen LogP contribution is -2.25. The van der Waals surface area contributed by atoms with Gasteiger partial charge in [0.05, 0.1) is 6.54 Å². The van der Waals surface area contributed by atoms with Crippen LogP contribution in [0.3, 0.4) is 0 Å². The van der Waals surface area contributed by atoms with Crippen molar-refractivity contribution in [2.75, 3.05) is 0 Å². The van der Waals surface area contributed by atoms with E-state index in [1.165, 1.54) is 18.4 Å². The van der Waals surface area contributed by atoms with E-state index in [1.807, 2.05) is 6.07 Å². The molecule has 0 saturated heterocycles. The first kappa shape index (κ1) is 15.1. The molecule has 24 heavy (non-hydrogen) atoms. The van der Waals surface area contributed by atoms with Crippen LogP contribution in [0.15, 0.2) is 42.6 Å². The summed E-state index contributed by atoms with van der Waals surface area (Å²) in [5.41, 5.74) is 2.42. The molecule has 0 aliphatic carbocycles. The van der Waals surface area contributed by atoms with Gasteiger partial charge in [0.1, 0.15) is 11.6 Å². The smallest absolute Gasteiger partial charge is 0.147 e. The predicted molar refractivity (Wildman–Crippen MR) is 90.9 cm³/mol. The van der Waals surface area contributed by atoms with Gasteiger partial charge < -0.3 is 4.57 Å². The maximum atomic E-state index is 4.45. The molecule has 0 bridgehead atoms. The third kappa shape index (κ3) is 3.38. The van der Waals surface area contributed by atoms with Crippen molar-refractivity contribution in [3.63, 3.8) is 0 Å². The molecule has 124 valence electrons. The topological polar surface area (TPSA) is 62.6 Å². The Hall–Kier alpha value is -2.47. The number of nitrogens with one attached hydrogen (secondary N) is 1. The number of fused-ring (bicyclic) bond motifs is 1. The Balaban J connectivity index is 1.54. The third-order valence-corrected chi connectivity index (χ3v) is 4.50. The Morgan fingerprint density at radius 1 is 1.00 bits per heavy atom. The number of benzene rings is 1. The summed E-state index contributed by atoms with van der Waals surface area (Å²) in [6, 6.07) is 12.6. The van der Waals surface area contributed by atoms with Gasteiger partial charge in [-0.1, -0.05) is 30.3 Å². The van der Waals surface area contributed by atoms with Gasteiger partial charge in [0, 0.05) is 37.9 Å². The molecule has 0 spiro atoms. The van der Waals surface area contributed by atoms with Gasteiger partial charge in [0.25, 0.3) is 0 Å². The normalized spacial score (nSPS) is 14.0. The molecule has 1 aliphatic rings. The quantitative estimate of drug-likeness (QED) is 0.757. The molecule has 0 fully saturated rings. The first-order valence-corrected chi connectivity index (χ1v) is 8.54. The molecule has 6 heteroatoms. The number of hydrogen-bond donors (Lipinski definition) is 1. The van der Waals surface area contributed by atoms with Crippen LogP contribution in [0.5, 0.6) is 0 Å². The number of aromatic amines is 1. The first-order valence-electron chi connectivity index (χ1n) is 8.54. The van der Waals surface area contributed by atoms with E-state index >= 15 is 0 Å². The van der Waals surface area contributed by atoms with Crippen molar-refractivity contribution >= 4 is 0 Å². The van der Waals surface area contributed by atoms with Gasteiger partial charge >= 0.3 is 0 Å². The molecule has 0 amide bonds. The minimum atomic E-state index is 0.793. The fourth-order valence-electron chi connectivity index (χ4n) is 3.31. The number of hydrogen-bond acceptors (Lipinski definition) is 4. The lowest BCUT2D eigenvalue weighted by molar-refractivity contribution is 0.233. The highest BCUT2D eigenvalue weighted by Gasteiger charge is 2.18. The maximum absolute atomic E-state index is 4.45. The first-order chi connectivity index (χ1) is 11.9. The number of aryl methyl sites for hydroxylation is 1. The van der Waals surface area contributed by atoms with Gasteiger partial charge in [0.2, 0.25) is 0 Å². The van der Waals surface area contributed by atoms with Gasteiger partial charge in [-0.25, -0.2) is 0 Å². The summed E-state index contributed by atoms with van der Waals surface area (Å²) in [7, 11) is 0. The van der Waals surface area contributed by atoms with Crippen molar-refractivity contribution in [1.82, 2.24) is 29.9 Å². The van der Waals surface area contributed by atoms with Crippen molar-refractivity contribution in [1.29, 1.82) is 0 Å². The zero-order chi connectivity index (χ0) is 16.2. The highest BCUT2D eigenvalue weighted by molar-refractivity contribution is 5.15. The molecule has 6 nitrogen and oxygen atoms in total. The average Bonchev–Trinajstić information content (AvgIpc) is 3.26. The monoisotopic (exact) mass is 322 g/mol. The fraction of sp³-hybridized carbons (Fsp3) is 0.389. The molecule has 3 heterocycles. The Labute approximate surface area is 141 Å². The van der Waals surface area contributed by atoms with Crippen LogP contribution < -0.4 is 0 Å². The van der Waals surface area contributed by atoms with E-state index in [0.29, 0.717) is 0 Å². The van der Waals surface area contributed by atoms with E-state index in [-0.39, 0.29) is 0 Å². The lowest BCUT2D eigenvalue weighted by Gasteiger charge is -2.23. The Kier molecular flexibility index (Phi) is 4.38. The average molecular weight is 322 g/mol. The van der Waals surface area contributed by atoms with Crippen LogP contribution in [0.25, 0.3) is 0 Å². The van der Waals surface area contributed by atoms with E-state index in [0.717, 1.165) is 49.9 Å². The maximum Gasteiger partial charge on any atom is 0.147 e. The summed E-state index contributed by atoms with van der Waals surface area (Å²) >= 11 is 0. The summed E-state index contributed by atoms with van der Waals surface area (Å²) < 4.78 is 2.30. The SMILES string of the molecule is c1ccc(CN(Cc2ccn[nH]2)Cc2nnc3n2CCCC3)cc1. The highest BCUT2D eigenvalue weighted by Crippen LogP contribution is 2.17. The molecule has 0 unspecified atom stereocenters. The Morgan fingerprint density at radius 3 is 2.75 bits per heavy atom. The fourth-order valence-corrected chi connectivity index (χ4v) is 3.31. The molecular weight excluding hydrogens is 300 g/mol. The van der Waals surface area contributed by atoms with Gasteiger partial charge in [-0.3, -0.25) is 10.00 Å². The van der Waals surface area contributed by atoms with Gasteiger partial charge in [-0.05, 0) is 24.5 Å². The summed E-state index contributed by atoms with van der Waals surface area (Å²) in [5, 5.41) is 16.0. The van der Waals surface area contributed by atoms with Crippen molar-refractivity contribution in [3.8, 4) is 0 Å². The van der Waals surface area contributed by atoms with Crippen LogP contribution in [0.2, 0.25) is 0 Å². The molecule has 0 atom stereocenters. The highest BCUT2D eigenvalue weighted by atomic mass is 15.3. The molecule has 0 radical (unpaired) electrons. The second-order valence-corrected chi connectivity index (χ2v) is 6.35. The molecule has 4 rings (SSSR count). The standard InChI is InChI=1S/C18H22N6/c1-2-6-15(7-3-1)12-23(13-16-9-10-19-20-16)14-18-22-21-17-8-4-5-11-24(17)18/h1-3,6-7,9-10H,4-5,8,11-14H2,(H,19,20). The van der Waals surface area contributed by atoms with E-state index in [1.54, 1.807) is 6.20 Å². The molecule has 2 aromatic heterocycles. The lowest BCUT2D eigenvalue weighted by atomic mass is 10.1. The molecule has 1 aromatic carbocycles. The second kappa shape index (κ2) is 6.97. The summed E-state index contributed by atoms with van der Waals surface area (Å²) in [5.74, 6) is 2.21. The van der Waals surface area contributed by atoms with Crippen molar-refractivity contribution < 1.29 is 0 Å². The number of nitrogens with zero attached hydrogens (tertiary/aromatic N) is 5. The summed E-state index contributed by atoms with van der Waals surface area (Å²) in [6.07, 6.45) is 5.29. The van der Waals surface area contributed by atoms with E-state index in [4.69, 9.17) is 0 Å². The molecule has 3 aromatic rings. The summed E-state index contributed by atoms with van der Waals surface area (Å²) in [4.78, 5) is 2.38. The van der Waals surface area contributed by atoms with Crippen LogP contribution in [0.1, 0.15) is 35.7 Å². The van der Waals surface area contributed by atoms with Crippen LogP contribution >= 0.6 is 0 Å². The van der Waals surface area contributed by atoms with Crippen LogP contribution in [0.4, 0.5) is 0 Å². The Morgan fingerprint density at radius 2 is 1.92 bits per heavy atom. The predicted octanol–water partition coefficient (Wildman–Crippen LogP) is 2.54. The molecule has 1 aliphatic heterocycles. The van der Waals surface area contributed by atoms with Crippen molar-refractivity contribution in [2.45, 2.75) is 45.4 Å². The summed E-state index contributed by atoms with van der Waals surface area (Å²) in [6.45, 7) is 3.53. The zero-order valence-electron chi connectivity index (χ0n) is 13.7. The number of H-pyrrole nitrogens is 1. The van der Waals surface area contributed by atoms with Gasteiger partial charge in [-0.2, -0.15) is 5.10 Å². The minimum absolute atomic E-state index is 0.793. The van der Waals surface area contributed by atoms with Crippen LogP contribution in [0, 0.1) is 0 Å². The zero-order valence-corrected chi connectivity index (χ0v) is 13.7. The van der Waals surface area contributed by atoms with Crippen LogP contribution in [-0.4, -0.2) is 29.9 Å². The van der Waals surface area contributed by atoms with E-state index < -0.39 is 0 Å². The third-order valence-electron chi connectivity index (χ3n) is 4.50. The number of rotatable bonds is 6. The van der Waals surface area contributed by atoms with E-state index in [9.17, 15) is 0 Å². The largest absolute Gasteiger partial charge is 0.314 e. The van der Waals surface area contributed by atoms with E-state index in [2.05, 4.69) is 60.2 Å². The second-order valence-electron chi connectivity index (χ2n) is 6.35. The molecule has 1 N–H and O–H groups in total. The minimum Gasteiger partial charge on any atom is -0.314 e.